The molecular formula is C36H66NO10P. The molecule has 0 radical (unpaired) electrons. The molecular weight excluding hydrogens is 637 g/mol. The van der Waals surface area contributed by atoms with Crippen molar-refractivity contribution in [1.82, 2.24) is 0 Å². The third kappa shape index (κ3) is 31.2. The molecule has 48 heavy (non-hydrogen) atoms. The quantitative estimate of drug-likeness (QED) is 0.0253. The van der Waals surface area contributed by atoms with Crippen LogP contribution in [0.5, 0.6) is 0 Å². The first-order valence-corrected chi connectivity index (χ1v) is 19.9. The lowest BCUT2D eigenvalue weighted by atomic mass is 10.1. The van der Waals surface area contributed by atoms with E-state index in [0.29, 0.717) is 12.8 Å². The van der Waals surface area contributed by atoms with E-state index in [1.165, 1.54) is 57.8 Å². The number of phosphoric ester groups is 1. The van der Waals surface area contributed by atoms with E-state index in [2.05, 4.69) is 42.7 Å². The van der Waals surface area contributed by atoms with Gasteiger partial charge in [0.1, 0.15) is 12.6 Å². The number of carboxylic acid groups (broad SMARTS) is 1. The van der Waals surface area contributed by atoms with Crippen LogP contribution in [0.1, 0.15) is 155 Å². The summed E-state index contributed by atoms with van der Waals surface area (Å²) in [5.74, 6) is -2.40. The smallest absolute Gasteiger partial charge is 0.472 e. The Bertz CT molecular complexity index is 926. The van der Waals surface area contributed by atoms with Crippen LogP contribution in [-0.4, -0.2) is 59.9 Å². The summed E-state index contributed by atoms with van der Waals surface area (Å²) in [5, 5.41) is 8.84. The molecule has 0 rings (SSSR count). The summed E-state index contributed by atoms with van der Waals surface area (Å²) in [5.41, 5.74) is 5.30. The largest absolute Gasteiger partial charge is 0.480 e. The van der Waals surface area contributed by atoms with Crippen LogP contribution in [0.3, 0.4) is 0 Å². The van der Waals surface area contributed by atoms with Crippen molar-refractivity contribution in [2.75, 3.05) is 19.8 Å². The van der Waals surface area contributed by atoms with Gasteiger partial charge in [0.25, 0.3) is 0 Å². The Morgan fingerprint density at radius 1 is 0.646 bits per heavy atom. The number of hydrogen-bond acceptors (Lipinski definition) is 9. The van der Waals surface area contributed by atoms with E-state index in [1.54, 1.807) is 0 Å². The van der Waals surface area contributed by atoms with Crippen molar-refractivity contribution in [3.05, 3.63) is 24.3 Å². The van der Waals surface area contributed by atoms with Crippen LogP contribution in [0, 0.1) is 0 Å². The molecule has 0 bridgehead atoms. The minimum absolute atomic E-state index is 0.145. The van der Waals surface area contributed by atoms with Gasteiger partial charge in [-0.2, -0.15) is 0 Å². The molecule has 0 fully saturated rings. The molecule has 0 aromatic heterocycles. The SMILES string of the molecule is CCCCCC/C=C/C=C/CCCCCCCC(=O)O[C@@H](COC(=O)CCCCCCCCCCC)COP(=O)(O)OC[C@H](N)C(=O)O. The Kier molecular flexibility index (Phi) is 30.8. The highest BCUT2D eigenvalue weighted by Crippen LogP contribution is 2.43. The van der Waals surface area contributed by atoms with E-state index in [-0.39, 0.29) is 19.4 Å². The molecule has 0 heterocycles. The van der Waals surface area contributed by atoms with Gasteiger partial charge in [-0.1, -0.05) is 128 Å². The average molecular weight is 704 g/mol. The molecule has 4 N–H and O–H groups in total. The molecule has 0 aliphatic rings. The monoisotopic (exact) mass is 703 g/mol. The summed E-state index contributed by atoms with van der Waals surface area (Å²) in [7, 11) is -4.71. The summed E-state index contributed by atoms with van der Waals surface area (Å²) in [6.45, 7) is 2.71. The number of nitrogens with two attached hydrogens (primary N) is 1. The third-order valence-corrected chi connectivity index (χ3v) is 8.68. The van der Waals surface area contributed by atoms with Gasteiger partial charge in [-0.15, -0.1) is 0 Å². The van der Waals surface area contributed by atoms with Gasteiger partial charge in [-0.05, 0) is 38.5 Å². The summed E-state index contributed by atoms with van der Waals surface area (Å²) in [6.07, 6.45) is 29.7. The molecule has 0 saturated carbocycles. The van der Waals surface area contributed by atoms with Crippen LogP contribution >= 0.6 is 7.82 Å². The maximum Gasteiger partial charge on any atom is 0.472 e. The number of allylic oxidation sites excluding steroid dienone is 4. The van der Waals surface area contributed by atoms with E-state index in [0.717, 1.165) is 57.8 Å². The fourth-order valence-corrected chi connectivity index (χ4v) is 5.54. The first-order valence-electron chi connectivity index (χ1n) is 18.4. The fourth-order valence-electron chi connectivity index (χ4n) is 4.76. The Hall–Kier alpha value is -2.04. The number of aliphatic carboxylic acids is 1. The van der Waals surface area contributed by atoms with Crippen LogP contribution in [0.2, 0.25) is 0 Å². The molecule has 1 unspecified atom stereocenters. The predicted molar refractivity (Wildman–Crippen MR) is 189 cm³/mol. The number of hydrogen-bond donors (Lipinski definition) is 3. The van der Waals surface area contributed by atoms with E-state index in [1.807, 2.05) is 0 Å². The lowest BCUT2D eigenvalue weighted by Gasteiger charge is -2.20. The Morgan fingerprint density at radius 2 is 1.08 bits per heavy atom. The molecule has 11 nitrogen and oxygen atoms in total. The van der Waals surface area contributed by atoms with Crippen molar-refractivity contribution in [2.45, 2.75) is 167 Å². The second-order valence-corrected chi connectivity index (χ2v) is 13.8. The lowest BCUT2D eigenvalue weighted by Crippen LogP contribution is -2.34. The van der Waals surface area contributed by atoms with Crippen LogP contribution in [0.4, 0.5) is 0 Å². The molecule has 0 aliphatic heterocycles. The summed E-state index contributed by atoms with van der Waals surface area (Å²) in [6, 6.07) is -1.52. The maximum absolute atomic E-state index is 12.5. The van der Waals surface area contributed by atoms with Gasteiger partial charge < -0.3 is 25.2 Å². The molecule has 0 aromatic rings. The van der Waals surface area contributed by atoms with Gasteiger partial charge in [0.2, 0.25) is 0 Å². The van der Waals surface area contributed by atoms with Crippen molar-refractivity contribution in [1.29, 1.82) is 0 Å². The average Bonchev–Trinajstić information content (AvgIpc) is 3.05. The van der Waals surface area contributed by atoms with Crippen molar-refractivity contribution < 1.29 is 47.5 Å². The molecule has 12 heteroatoms. The highest BCUT2D eigenvalue weighted by atomic mass is 31.2. The van der Waals surface area contributed by atoms with E-state index in [4.69, 9.17) is 24.8 Å². The molecule has 0 aliphatic carbocycles. The van der Waals surface area contributed by atoms with Crippen molar-refractivity contribution in [3.8, 4) is 0 Å². The number of phosphoric acid groups is 1. The number of carbonyl (C=O) groups excluding carboxylic acids is 2. The van der Waals surface area contributed by atoms with Crippen molar-refractivity contribution >= 4 is 25.7 Å². The minimum Gasteiger partial charge on any atom is -0.480 e. The zero-order valence-corrected chi connectivity index (χ0v) is 30.7. The molecule has 280 valence electrons. The zero-order valence-electron chi connectivity index (χ0n) is 29.8. The molecule has 0 spiro atoms. The van der Waals surface area contributed by atoms with Gasteiger partial charge in [0.05, 0.1) is 13.2 Å². The van der Waals surface area contributed by atoms with Crippen LogP contribution in [-0.2, 0) is 37.5 Å². The Labute approximate surface area is 290 Å². The van der Waals surface area contributed by atoms with Gasteiger partial charge >= 0.3 is 25.7 Å². The summed E-state index contributed by atoms with van der Waals surface area (Å²) >= 11 is 0. The number of carbonyl (C=O) groups is 3. The second kappa shape index (κ2) is 32.2. The van der Waals surface area contributed by atoms with Crippen molar-refractivity contribution in [2.24, 2.45) is 5.73 Å². The van der Waals surface area contributed by atoms with E-state index >= 15 is 0 Å². The minimum atomic E-state index is -4.71. The molecule has 0 saturated heterocycles. The lowest BCUT2D eigenvalue weighted by molar-refractivity contribution is -0.161. The first kappa shape index (κ1) is 46.0. The van der Waals surface area contributed by atoms with Gasteiger partial charge in [-0.25, -0.2) is 4.57 Å². The Balaban J connectivity index is 4.48. The number of carboxylic acids is 1. The third-order valence-electron chi connectivity index (χ3n) is 7.73. The fraction of sp³-hybridized carbons (Fsp3) is 0.806. The van der Waals surface area contributed by atoms with E-state index < -0.39 is 51.1 Å². The van der Waals surface area contributed by atoms with Crippen LogP contribution in [0.15, 0.2) is 24.3 Å². The Morgan fingerprint density at radius 3 is 1.60 bits per heavy atom. The number of esters is 2. The highest BCUT2D eigenvalue weighted by Gasteiger charge is 2.28. The van der Waals surface area contributed by atoms with Gasteiger partial charge in [0, 0.05) is 12.8 Å². The summed E-state index contributed by atoms with van der Waals surface area (Å²) in [4.78, 5) is 45.6. The standard InChI is InChI=1S/C36H66NO10P/c1-3-5-7-9-11-13-14-15-16-17-18-20-22-24-26-28-35(39)47-32(30-45-48(42,43)46-31-33(37)36(40)41)29-44-34(38)27-25-23-21-19-12-10-8-6-4-2/h13-16,32-33H,3-12,17-31,37H2,1-2H3,(H,40,41)(H,42,43)/b14-13+,16-15+/t32-,33-/m0/s1. The van der Waals surface area contributed by atoms with Gasteiger partial charge in [0.15, 0.2) is 6.10 Å². The maximum atomic E-state index is 12.5. The second-order valence-electron chi connectivity index (χ2n) is 12.4. The van der Waals surface area contributed by atoms with Crippen molar-refractivity contribution in [3.63, 3.8) is 0 Å². The van der Waals surface area contributed by atoms with Crippen LogP contribution in [0.25, 0.3) is 0 Å². The van der Waals surface area contributed by atoms with Crippen LogP contribution < -0.4 is 5.73 Å². The molecule has 3 atom stereocenters. The first-order chi connectivity index (χ1) is 23.1. The number of unbranched alkanes of at least 4 members (excludes halogenated alkanes) is 17. The highest BCUT2D eigenvalue weighted by molar-refractivity contribution is 7.47. The van der Waals surface area contributed by atoms with E-state index in [9.17, 15) is 23.8 Å². The number of rotatable bonds is 34. The molecule has 0 amide bonds. The normalized spacial score (nSPS) is 14.2. The molecule has 0 aromatic carbocycles. The topological polar surface area (TPSA) is 172 Å². The van der Waals surface area contributed by atoms with Gasteiger partial charge in [-0.3, -0.25) is 23.4 Å². The zero-order chi connectivity index (χ0) is 35.7. The number of ether oxygens (including phenoxy) is 2. The predicted octanol–water partition coefficient (Wildman–Crippen LogP) is 8.72. The summed E-state index contributed by atoms with van der Waals surface area (Å²) < 4.78 is 32.4.